The summed E-state index contributed by atoms with van der Waals surface area (Å²) in [4.78, 5) is 8.95. The second kappa shape index (κ2) is 17.5. The van der Waals surface area contributed by atoms with Crippen molar-refractivity contribution in [2.45, 2.75) is 0 Å². The molecule has 0 N–H and O–H groups in total. The van der Waals surface area contributed by atoms with E-state index in [-0.39, 0.29) is 0 Å². The lowest BCUT2D eigenvalue weighted by Crippen LogP contribution is -2.12. The van der Waals surface area contributed by atoms with Gasteiger partial charge in [-0.2, -0.15) is 0 Å². The molecular formula is C50H44N4. The maximum atomic E-state index is 2.28. The lowest BCUT2D eigenvalue weighted by Gasteiger charge is -2.27. The van der Waals surface area contributed by atoms with Gasteiger partial charge in [0.2, 0.25) is 0 Å². The van der Waals surface area contributed by atoms with E-state index in [1.165, 1.54) is 11.4 Å². The van der Waals surface area contributed by atoms with Crippen molar-refractivity contribution >= 4 is 56.9 Å². The van der Waals surface area contributed by atoms with Crippen LogP contribution in [-0.4, -0.2) is 14.1 Å². The number of rotatable bonds is 10. The molecule has 4 heteroatoms. The highest BCUT2D eigenvalue weighted by molar-refractivity contribution is 5.80. The highest BCUT2D eigenvalue weighted by atomic mass is 15.2. The maximum Gasteiger partial charge on any atom is 0.0482 e. The molecule has 0 aliphatic rings. The van der Waals surface area contributed by atoms with Gasteiger partial charge in [0.1, 0.15) is 0 Å². The van der Waals surface area contributed by atoms with Crippen LogP contribution >= 0.6 is 0 Å². The Hall–Kier alpha value is -7.04. The molecule has 4 nitrogen and oxygen atoms in total. The minimum atomic E-state index is 1.13. The second-order valence-electron chi connectivity index (χ2n) is 12.8. The van der Waals surface area contributed by atoms with Crippen LogP contribution in [0, 0.1) is 0 Å². The summed E-state index contributed by atoms with van der Waals surface area (Å²) in [7, 11) is 4.19. The van der Waals surface area contributed by atoms with Crippen LogP contribution in [0.25, 0.3) is 0 Å². The van der Waals surface area contributed by atoms with Gasteiger partial charge in [-0.3, -0.25) is 0 Å². The molecule has 0 radical (unpaired) electrons. The standard InChI is InChI=1S/2C25H22N2/c1-26(21-12-5-2-6-13-21)24-18-11-19-25(20-24)27(22-14-7-3-8-15-22)23-16-9-4-10-17-23;1-26(21-11-5-2-6-12-21)22-17-19-25(20-18-22)27(23-13-7-3-8-14-23)24-15-9-4-10-16-24/h2*2-20H,1H3. The first-order valence-corrected chi connectivity index (χ1v) is 18.2. The van der Waals surface area contributed by atoms with Gasteiger partial charge < -0.3 is 19.6 Å². The Bertz CT molecular complexity index is 2200. The average molecular weight is 701 g/mol. The summed E-state index contributed by atoms with van der Waals surface area (Å²) >= 11 is 0. The molecule has 0 aliphatic heterocycles. The van der Waals surface area contributed by atoms with Crippen LogP contribution in [0.1, 0.15) is 0 Å². The molecule has 8 rings (SSSR count). The first-order valence-electron chi connectivity index (χ1n) is 18.2. The van der Waals surface area contributed by atoms with Gasteiger partial charge in [0.05, 0.1) is 0 Å². The zero-order chi connectivity index (χ0) is 37.0. The third kappa shape index (κ3) is 8.52. The smallest absolute Gasteiger partial charge is 0.0482 e. The van der Waals surface area contributed by atoms with Crippen molar-refractivity contribution in [3.8, 4) is 0 Å². The molecule has 0 aromatic heterocycles. The van der Waals surface area contributed by atoms with Crippen molar-refractivity contribution < 1.29 is 0 Å². The molecule has 0 spiro atoms. The minimum Gasteiger partial charge on any atom is -0.345 e. The van der Waals surface area contributed by atoms with Crippen LogP contribution < -0.4 is 19.6 Å². The number of nitrogens with zero attached hydrogens (tertiary/aromatic N) is 4. The Morgan fingerprint density at radius 2 is 0.426 bits per heavy atom. The van der Waals surface area contributed by atoms with Crippen molar-refractivity contribution in [3.05, 3.63) is 231 Å². The van der Waals surface area contributed by atoms with Gasteiger partial charge in [-0.1, -0.05) is 115 Å². The van der Waals surface area contributed by atoms with Crippen LogP contribution in [0.5, 0.6) is 0 Å². The number of anilines is 10. The van der Waals surface area contributed by atoms with E-state index in [0.29, 0.717) is 0 Å². The first kappa shape index (κ1) is 35.4. The molecular weight excluding hydrogens is 657 g/mol. The molecule has 0 saturated carbocycles. The Balaban J connectivity index is 0.000000167. The first-order chi connectivity index (χ1) is 26.7. The monoisotopic (exact) mass is 700 g/mol. The molecule has 0 heterocycles. The molecule has 0 unspecified atom stereocenters. The van der Waals surface area contributed by atoms with Crippen LogP contribution in [0.4, 0.5) is 56.9 Å². The van der Waals surface area contributed by atoms with Gasteiger partial charge in [-0.15, -0.1) is 0 Å². The van der Waals surface area contributed by atoms with Crippen LogP contribution in [-0.2, 0) is 0 Å². The summed E-state index contributed by atoms with van der Waals surface area (Å²) in [5.74, 6) is 0. The molecule has 0 saturated heterocycles. The van der Waals surface area contributed by atoms with E-state index < -0.39 is 0 Å². The van der Waals surface area contributed by atoms with E-state index in [4.69, 9.17) is 0 Å². The van der Waals surface area contributed by atoms with Crippen LogP contribution in [0.2, 0.25) is 0 Å². The Kier molecular flexibility index (Phi) is 11.4. The summed E-state index contributed by atoms with van der Waals surface area (Å²) in [5, 5.41) is 0. The number of hydrogen-bond donors (Lipinski definition) is 0. The van der Waals surface area contributed by atoms with Crippen molar-refractivity contribution in [2.75, 3.05) is 33.7 Å². The predicted octanol–water partition coefficient (Wildman–Crippen LogP) is 13.8. The van der Waals surface area contributed by atoms with Gasteiger partial charge in [-0.05, 0) is 115 Å². The summed E-state index contributed by atoms with van der Waals surface area (Å²) < 4.78 is 0. The summed E-state index contributed by atoms with van der Waals surface area (Å²) in [5.41, 5.74) is 11.5. The zero-order valence-corrected chi connectivity index (χ0v) is 30.7. The fourth-order valence-electron chi connectivity index (χ4n) is 6.47. The minimum absolute atomic E-state index is 1.13. The number of hydrogen-bond acceptors (Lipinski definition) is 4. The van der Waals surface area contributed by atoms with Crippen molar-refractivity contribution in [1.82, 2.24) is 0 Å². The molecule has 8 aromatic rings. The average Bonchev–Trinajstić information content (AvgIpc) is 3.26. The lowest BCUT2D eigenvalue weighted by atomic mass is 10.1. The molecule has 0 bridgehead atoms. The Morgan fingerprint density at radius 1 is 0.204 bits per heavy atom. The summed E-state index contributed by atoms with van der Waals surface area (Å²) in [6.45, 7) is 0. The van der Waals surface area contributed by atoms with E-state index >= 15 is 0 Å². The zero-order valence-electron chi connectivity index (χ0n) is 30.7. The molecule has 264 valence electrons. The van der Waals surface area contributed by atoms with Gasteiger partial charge in [0, 0.05) is 71.0 Å². The van der Waals surface area contributed by atoms with Gasteiger partial charge >= 0.3 is 0 Å². The Labute approximate surface area is 320 Å². The quantitative estimate of drug-likeness (QED) is 0.141. The van der Waals surface area contributed by atoms with Crippen LogP contribution in [0.15, 0.2) is 231 Å². The van der Waals surface area contributed by atoms with E-state index in [2.05, 4.69) is 228 Å². The SMILES string of the molecule is CN(c1ccccc1)c1ccc(N(c2ccccc2)c2ccccc2)cc1.CN(c1ccccc1)c1cccc(N(c2ccccc2)c2ccccc2)c1. The molecule has 0 fully saturated rings. The van der Waals surface area contributed by atoms with Gasteiger partial charge in [0.25, 0.3) is 0 Å². The third-order valence-corrected chi connectivity index (χ3v) is 9.31. The molecule has 0 amide bonds. The molecule has 8 aromatic carbocycles. The van der Waals surface area contributed by atoms with Gasteiger partial charge in [-0.25, -0.2) is 0 Å². The lowest BCUT2D eigenvalue weighted by molar-refractivity contribution is 1.20. The topological polar surface area (TPSA) is 13.0 Å². The van der Waals surface area contributed by atoms with E-state index in [0.717, 1.165) is 45.5 Å². The van der Waals surface area contributed by atoms with Gasteiger partial charge in [0.15, 0.2) is 0 Å². The Morgan fingerprint density at radius 3 is 0.796 bits per heavy atom. The van der Waals surface area contributed by atoms with E-state index in [1.54, 1.807) is 0 Å². The largest absolute Gasteiger partial charge is 0.345 e. The van der Waals surface area contributed by atoms with E-state index in [1.807, 2.05) is 36.4 Å². The van der Waals surface area contributed by atoms with E-state index in [9.17, 15) is 0 Å². The predicted molar refractivity (Wildman–Crippen MR) is 231 cm³/mol. The highest BCUT2D eigenvalue weighted by Crippen LogP contribution is 2.38. The highest BCUT2D eigenvalue weighted by Gasteiger charge is 2.14. The number of benzene rings is 8. The summed E-state index contributed by atoms with van der Waals surface area (Å²) in [6, 6.07) is 80.0. The fraction of sp³-hybridized carbons (Fsp3) is 0.0400. The maximum absolute atomic E-state index is 2.28. The summed E-state index contributed by atoms with van der Waals surface area (Å²) in [6.07, 6.45) is 0. The van der Waals surface area contributed by atoms with Crippen molar-refractivity contribution in [2.24, 2.45) is 0 Å². The van der Waals surface area contributed by atoms with Crippen molar-refractivity contribution in [3.63, 3.8) is 0 Å². The second-order valence-corrected chi connectivity index (χ2v) is 12.8. The van der Waals surface area contributed by atoms with Crippen LogP contribution in [0.3, 0.4) is 0 Å². The molecule has 54 heavy (non-hydrogen) atoms. The normalized spacial score (nSPS) is 10.4. The number of para-hydroxylation sites is 6. The fourth-order valence-corrected chi connectivity index (χ4v) is 6.47. The molecule has 0 aliphatic carbocycles. The molecule has 0 atom stereocenters. The van der Waals surface area contributed by atoms with Crippen molar-refractivity contribution in [1.29, 1.82) is 0 Å². The third-order valence-electron chi connectivity index (χ3n) is 9.31.